The fourth-order valence-corrected chi connectivity index (χ4v) is 5.98. The fraction of sp³-hybridized carbons (Fsp3) is 0.209. The number of esters is 2. The van der Waals surface area contributed by atoms with Crippen molar-refractivity contribution in [3.63, 3.8) is 0 Å². The second-order valence-corrected chi connectivity index (χ2v) is 13.4. The molecular weight excluding hydrogens is 612 g/mol. The van der Waals surface area contributed by atoms with Gasteiger partial charge in [-0.15, -0.1) is 0 Å². The third-order valence-electron chi connectivity index (χ3n) is 8.61. The molecule has 0 bridgehead atoms. The van der Waals surface area contributed by atoms with Crippen LogP contribution in [0.1, 0.15) is 40.2 Å². The lowest BCUT2D eigenvalue weighted by Crippen LogP contribution is -2.12. The summed E-state index contributed by atoms with van der Waals surface area (Å²) in [5.74, 6) is 0.365. The molecule has 0 fully saturated rings. The van der Waals surface area contributed by atoms with Crippen LogP contribution in [0.3, 0.4) is 0 Å². The first-order valence-corrected chi connectivity index (χ1v) is 16.3. The van der Waals surface area contributed by atoms with Crippen molar-refractivity contribution in [2.45, 2.75) is 40.0 Å². The van der Waals surface area contributed by atoms with Crippen LogP contribution in [0.15, 0.2) is 115 Å². The van der Waals surface area contributed by atoms with Gasteiger partial charge >= 0.3 is 11.9 Å². The summed E-state index contributed by atoms with van der Waals surface area (Å²) in [5, 5.41) is 7.22. The predicted molar refractivity (Wildman–Crippen MR) is 197 cm³/mol. The minimum atomic E-state index is -0.490. The first-order valence-electron chi connectivity index (χ1n) is 16.3. The molecule has 0 radical (unpaired) electrons. The van der Waals surface area contributed by atoms with Gasteiger partial charge in [0.15, 0.2) is 0 Å². The number of hydrogen-bond acceptors (Lipinski definition) is 6. The van der Waals surface area contributed by atoms with E-state index in [0.717, 1.165) is 27.6 Å². The fourth-order valence-electron chi connectivity index (χ4n) is 5.98. The normalized spacial score (nSPS) is 11.5. The van der Waals surface area contributed by atoms with Gasteiger partial charge in [0.2, 0.25) is 6.79 Å². The monoisotopic (exact) mass is 652 g/mol. The summed E-state index contributed by atoms with van der Waals surface area (Å²) in [6.45, 7) is 17.4. The lowest BCUT2D eigenvalue weighted by atomic mass is 9.81. The summed E-state index contributed by atoms with van der Waals surface area (Å²) in [6, 6.07) is 31.7. The Morgan fingerprint density at radius 2 is 1.08 bits per heavy atom. The van der Waals surface area contributed by atoms with E-state index >= 15 is 0 Å². The van der Waals surface area contributed by atoms with Crippen LogP contribution in [0.25, 0.3) is 54.6 Å². The minimum Gasteiger partial charge on any atom is -0.490 e. The number of ether oxygens (including phenoxy) is 4. The van der Waals surface area contributed by atoms with Gasteiger partial charge in [0.05, 0.1) is 0 Å². The van der Waals surface area contributed by atoms with E-state index < -0.39 is 11.9 Å². The Morgan fingerprint density at radius 3 is 1.57 bits per heavy atom. The van der Waals surface area contributed by atoms with Crippen LogP contribution in [0.5, 0.6) is 11.5 Å². The van der Waals surface area contributed by atoms with Crippen LogP contribution >= 0.6 is 0 Å². The highest BCUT2D eigenvalue weighted by Gasteiger charge is 2.20. The van der Waals surface area contributed by atoms with Crippen LogP contribution < -0.4 is 9.47 Å². The standard InChI is InChI=1S/C43H40O6/c1-26(2)41(44)47-21-20-46-33-14-8-28(9-15-33)37-24-38(29-10-16-34(17-11-29)48-25-49-42(45)27(3)4)36-19-13-31-23-32(43(5,6)7)22-30-12-18-35(37)40(36)39(30)31/h8-19,22-24H,1,3,20-21,25H2,2,4-7H3. The Balaban J connectivity index is 1.40. The second-order valence-electron chi connectivity index (χ2n) is 13.4. The zero-order valence-electron chi connectivity index (χ0n) is 28.6. The van der Waals surface area contributed by atoms with Gasteiger partial charge in [-0.25, -0.2) is 9.59 Å². The van der Waals surface area contributed by atoms with Gasteiger partial charge in [0, 0.05) is 11.1 Å². The Morgan fingerprint density at radius 1 is 0.592 bits per heavy atom. The van der Waals surface area contributed by atoms with E-state index in [1.807, 2.05) is 36.4 Å². The van der Waals surface area contributed by atoms with Gasteiger partial charge in [-0.05, 0) is 110 Å². The van der Waals surface area contributed by atoms with Crippen molar-refractivity contribution < 1.29 is 28.5 Å². The molecule has 6 nitrogen and oxygen atoms in total. The van der Waals surface area contributed by atoms with Crippen molar-refractivity contribution in [1.29, 1.82) is 0 Å². The van der Waals surface area contributed by atoms with E-state index in [2.05, 4.69) is 88.5 Å². The molecule has 6 heteroatoms. The summed E-state index contributed by atoms with van der Waals surface area (Å²) < 4.78 is 21.8. The van der Waals surface area contributed by atoms with E-state index in [-0.39, 0.29) is 25.4 Å². The molecule has 49 heavy (non-hydrogen) atoms. The van der Waals surface area contributed by atoms with Crippen LogP contribution in [-0.4, -0.2) is 31.9 Å². The molecule has 248 valence electrons. The predicted octanol–water partition coefficient (Wildman–Crippen LogP) is 10.2. The summed E-state index contributed by atoms with van der Waals surface area (Å²) >= 11 is 0. The quantitative estimate of drug-likeness (QED) is 0.0456. The molecule has 0 aliphatic carbocycles. The van der Waals surface area contributed by atoms with Gasteiger partial charge in [-0.1, -0.05) is 94.6 Å². The average molecular weight is 653 g/mol. The summed E-state index contributed by atoms with van der Waals surface area (Å²) in [7, 11) is 0. The molecule has 0 aliphatic heterocycles. The Kier molecular flexibility index (Phi) is 9.16. The van der Waals surface area contributed by atoms with E-state index in [4.69, 9.17) is 18.9 Å². The lowest BCUT2D eigenvalue weighted by molar-refractivity contribution is -0.145. The average Bonchev–Trinajstić information content (AvgIpc) is 3.08. The molecule has 6 rings (SSSR count). The molecule has 6 aromatic rings. The van der Waals surface area contributed by atoms with Crippen molar-refractivity contribution in [3.05, 3.63) is 121 Å². The zero-order valence-corrected chi connectivity index (χ0v) is 28.6. The Labute approximate surface area is 286 Å². The molecule has 0 heterocycles. The van der Waals surface area contributed by atoms with E-state index in [0.29, 0.717) is 22.6 Å². The molecular formula is C43H40O6. The highest BCUT2D eigenvalue weighted by atomic mass is 16.7. The van der Waals surface area contributed by atoms with Crippen molar-refractivity contribution in [1.82, 2.24) is 0 Å². The third kappa shape index (κ3) is 7.00. The number of carbonyl (C=O) groups is 2. The molecule has 0 unspecified atom stereocenters. The maximum atomic E-state index is 11.8. The Bertz CT molecular complexity index is 2180. The molecule has 0 N–H and O–H groups in total. The zero-order chi connectivity index (χ0) is 34.9. The third-order valence-corrected chi connectivity index (χ3v) is 8.61. The number of carbonyl (C=O) groups excluding carboxylic acids is 2. The smallest absolute Gasteiger partial charge is 0.335 e. The van der Waals surface area contributed by atoms with Gasteiger partial charge in [-0.3, -0.25) is 0 Å². The molecule has 0 spiro atoms. The first-order chi connectivity index (χ1) is 23.4. The molecule has 0 atom stereocenters. The SMILES string of the molecule is C=C(C)C(=O)OCCOc1ccc(-c2cc(-c3ccc(OCOC(=O)C(=C)C)cc3)c3ccc4cc(C(C)(C)C)cc5ccc2c3c54)cc1. The largest absolute Gasteiger partial charge is 0.490 e. The van der Waals surface area contributed by atoms with Crippen LogP contribution in [0.4, 0.5) is 0 Å². The van der Waals surface area contributed by atoms with E-state index in [1.165, 1.54) is 32.5 Å². The van der Waals surface area contributed by atoms with Crippen LogP contribution in [0.2, 0.25) is 0 Å². The maximum Gasteiger partial charge on any atom is 0.335 e. The summed E-state index contributed by atoms with van der Waals surface area (Å²) in [6.07, 6.45) is 0. The molecule has 0 saturated carbocycles. The summed E-state index contributed by atoms with van der Waals surface area (Å²) in [5.41, 5.74) is 6.28. The molecule has 0 aliphatic rings. The van der Waals surface area contributed by atoms with Crippen LogP contribution in [0, 0.1) is 0 Å². The molecule has 0 amide bonds. The van der Waals surface area contributed by atoms with Crippen molar-refractivity contribution in [2.24, 2.45) is 0 Å². The summed E-state index contributed by atoms with van der Waals surface area (Å²) in [4.78, 5) is 23.4. The molecule has 0 aromatic heterocycles. The van der Waals surface area contributed by atoms with Gasteiger partial charge in [0.1, 0.15) is 24.7 Å². The molecule has 6 aromatic carbocycles. The van der Waals surface area contributed by atoms with Crippen molar-refractivity contribution >= 4 is 44.3 Å². The number of rotatable bonds is 11. The Hall–Kier alpha value is -5.62. The topological polar surface area (TPSA) is 71.1 Å². The van der Waals surface area contributed by atoms with Gasteiger partial charge < -0.3 is 18.9 Å². The molecule has 0 saturated heterocycles. The van der Waals surface area contributed by atoms with Gasteiger partial charge in [-0.2, -0.15) is 0 Å². The van der Waals surface area contributed by atoms with E-state index in [9.17, 15) is 9.59 Å². The second kappa shape index (κ2) is 13.5. The van der Waals surface area contributed by atoms with Crippen LogP contribution in [-0.2, 0) is 24.5 Å². The minimum absolute atomic E-state index is 0.0174. The number of hydrogen-bond donors (Lipinski definition) is 0. The highest BCUT2D eigenvalue weighted by molar-refractivity contribution is 6.28. The lowest BCUT2D eigenvalue weighted by Gasteiger charge is -2.23. The van der Waals surface area contributed by atoms with Crippen molar-refractivity contribution in [2.75, 3.05) is 20.0 Å². The maximum absolute atomic E-state index is 11.8. The number of benzene rings is 6. The van der Waals surface area contributed by atoms with E-state index in [1.54, 1.807) is 13.8 Å². The van der Waals surface area contributed by atoms with Gasteiger partial charge in [0.25, 0.3) is 0 Å². The van der Waals surface area contributed by atoms with Crippen molar-refractivity contribution in [3.8, 4) is 33.8 Å². The highest BCUT2D eigenvalue weighted by Crippen LogP contribution is 2.45. The first kappa shape index (κ1) is 33.3.